The van der Waals surface area contributed by atoms with E-state index in [4.69, 9.17) is 0 Å². The van der Waals surface area contributed by atoms with Gasteiger partial charge in [-0.1, -0.05) is 31.0 Å². The average molecular weight is 332 g/mol. The Kier molecular flexibility index (Phi) is 5.48. The van der Waals surface area contributed by atoms with Crippen LogP contribution >= 0.6 is 0 Å². The van der Waals surface area contributed by atoms with Crippen molar-refractivity contribution >= 4 is 11.8 Å². The molecule has 0 unspecified atom stereocenters. The van der Waals surface area contributed by atoms with Crippen LogP contribution in [0.3, 0.4) is 0 Å². The Balaban J connectivity index is 1.57. The number of amides is 2. The van der Waals surface area contributed by atoms with Crippen molar-refractivity contribution in [2.75, 3.05) is 19.6 Å². The maximum atomic E-state index is 13.8. The number of halogens is 1. The van der Waals surface area contributed by atoms with Crippen LogP contribution in [0.15, 0.2) is 24.3 Å². The lowest BCUT2D eigenvalue weighted by atomic mass is 10.0. The lowest BCUT2D eigenvalue weighted by molar-refractivity contribution is -0.132. The SMILES string of the molecule is O=C(CC1CCCC1)N1CCC(=O)N(Cc2ccccc2F)CC1. The van der Waals surface area contributed by atoms with E-state index in [-0.39, 0.29) is 24.2 Å². The molecule has 4 nitrogen and oxygen atoms in total. The Morgan fingerprint density at radius 2 is 1.88 bits per heavy atom. The minimum atomic E-state index is -0.288. The number of carbonyl (C=O) groups excluding carboxylic acids is 2. The Morgan fingerprint density at radius 1 is 1.12 bits per heavy atom. The second-order valence-corrected chi connectivity index (χ2v) is 6.89. The van der Waals surface area contributed by atoms with Crippen LogP contribution in [0, 0.1) is 11.7 Å². The molecule has 1 aliphatic heterocycles. The maximum absolute atomic E-state index is 13.8. The van der Waals surface area contributed by atoms with Gasteiger partial charge in [-0.3, -0.25) is 9.59 Å². The smallest absolute Gasteiger partial charge is 0.224 e. The normalized spacial score (nSPS) is 19.6. The molecule has 2 aliphatic rings. The van der Waals surface area contributed by atoms with Crippen molar-refractivity contribution in [1.82, 2.24) is 9.80 Å². The highest BCUT2D eigenvalue weighted by Gasteiger charge is 2.26. The number of hydrogen-bond acceptors (Lipinski definition) is 2. The van der Waals surface area contributed by atoms with E-state index >= 15 is 0 Å². The van der Waals surface area contributed by atoms with Crippen LogP contribution in [0.4, 0.5) is 4.39 Å². The molecule has 0 bridgehead atoms. The zero-order valence-electron chi connectivity index (χ0n) is 14.0. The molecule has 1 aromatic carbocycles. The van der Waals surface area contributed by atoms with Crippen LogP contribution in [0.25, 0.3) is 0 Å². The van der Waals surface area contributed by atoms with Crippen molar-refractivity contribution in [3.05, 3.63) is 35.6 Å². The van der Waals surface area contributed by atoms with Crippen LogP contribution in [-0.2, 0) is 16.1 Å². The molecule has 5 heteroatoms. The summed E-state index contributed by atoms with van der Waals surface area (Å²) >= 11 is 0. The molecule has 1 saturated carbocycles. The molecule has 1 saturated heterocycles. The predicted octanol–water partition coefficient (Wildman–Crippen LogP) is 2.97. The lowest BCUT2D eigenvalue weighted by Gasteiger charge is -2.23. The molecule has 130 valence electrons. The molecule has 0 atom stereocenters. The summed E-state index contributed by atoms with van der Waals surface area (Å²) in [7, 11) is 0. The molecule has 1 heterocycles. The second kappa shape index (κ2) is 7.77. The zero-order chi connectivity index (χ0) is 16.9. The lowest BCUT2D eigenvalue weighted by Crippen LogP contribution is -2.36. The van der Waals surface area contributed by atoms with E-state index in [0.717, 1.165) is 12.8 Å². The van der Waals surface area contributed by atoms with Gasteiger partial charge in [0.25, 0.3) is 0 Å². The van der Waals surface area contributed by atoms with Crippen LogP contribution in [0.1, 0.15) is 44.1 Å². The van der Waals surface area contributed by atoms with Crippen molar-refractivity contribution in [2.45, 2.75) is 45.1 Å². The highest BCUT2D eigenvalue weighted by atomic mass is 19.1. The first-order chi connectivity index (χ1) is 11.6. The first kappa shape index (κ1) is 16.9. The fraction of sp³-hybridized carbons (Fsp3) is 0.579. The maximum Gasteiger partial charge on any atom is 0.224 e. The Labute approximate surface area is 142 Å². The third-order valence-corrected chi connectivity index (χ3v) is 5.20. The molecule has 3 rings (SSSR count). The minimum absolute atomic E-state index is 0.00517. The van der Waals surface area contributed by atoms with E-state index < -0.39 is 0 Å². The van der Waals surface area contributed by atoms with Crippen molar-refractivity contribution in [3.63, 3.8) is 0 Å². The van der Waals surface area contributed by atoms with E-state index in [1.807, 2.05) is 4.90 Å². The van der Waals surface area contributed by atoms with Gasteiger partial charge in [-0.25, -0.2) is 4.39 Å². The summed E-state index contributed by atoms with van der Waals surface area (Å²) in [6.07, 6.45) is 5.70. The quantitative estimate of drug-likeness (QED) is 0.850. The fourth-order valence-corrected chi connectivity index (χ4v) is 3.71. The molecule has 1 aromatic rings. The standard InChI is InChI=1S/C19H25FN2O2/c20-17-8-4-3-7-16(17)14-22-12-11-21(10-9-18(22)23)19(24)13-15-5-1-2-6-15/h3-4,7-8,15H,1-2,5-6,9-14H2. The molecular formula is C19H25FN2O2. The topological polar surface area (TPSA) is 40.6 Å². The molecule has 24 heavy (non-hydrogen) atoms. The van der Waals surface area contributed by atoms with Gasteiger partial charge in [0, 0.05) is 44.6 Å². The number of benzene rings is 1. The van der Waals surface area contributed by atoms with Gasteiger partial charge in [0.05, 0.1) is 0 Å². The van der Waals surface area contributed by atoms with Crippen LogP contribution in [0.5, 0.6) is 0 Å². The largest absolute Gasteiger partial charge is 0.340 e. The fourth-order valence-electron chi connectivity index (χ4n) is 3.71. The van der Waals surface area contributed by atoms with E-state index in [0.29, 0.717) is 44.0 Å². The van der Waals surface area contributed by atoms with Crippen LogP contribution in [-0.4, -0.2) is 41.2 Å². The van der Waals surface area contributed by atoms with Crippen LogP contribution in [0.2, 0.25) is 0 Å². The monoisotopic (exact) mass is 332 g/mol. The van der Waals surface area contributed by atoms with Crippen molar-refractivity contribution in [2.24, 2.45) is 5.92 Å². The third kappa shape index (κ3) is 4.13. The first-order valence-electron chi connectivity index (χ1n) is 8.92. The summed E-state index contributed by atoms with van der Waals surface area (Å²) in [4.78, 5) is 28.3. The van der Waals surface area contributed by atoms with Gasteiger partial charge in [0.1, 0.15) is 5.82 Å². The first-order valence-corrected chi connectivity index (χ1v) is 8.92. The summed E-state index contributed by atoms with van der Waals surface area (Å²) in [5.41, 5.74) is 0.525. The van der Waals surface area contributed by atoms with Gasteiger partial charge in [-0.15, -0.1) is 0 Å². The summed E-state index contributed by atoms with van der Waals surface area (Å²) < 4.78 is 13.8. The minimum Gasteiger partial charge on any atom is -0.340 e. The van der Waals surface area contributed by atoms with Crippen molar-refractivity contribution < 1.29 is 14.0 Å². The molecule has 0 aromatic heterocycles. The highest BCUT2D eigenvalue weighted by molar-refractivity contribution is 5.80. The molecule has 2 fully saturated rings. The number of hydrogen-bond donors (Lipinski definition) is 0. The number of carbonyl (C=O) groups is 2. The van der Waals surface area contributed by atoms with Crippen molar-refractivity contribution in [1.29, 1.82) is 0 Å². The van der Waals surface area contributed by atoms with Crippen LogP contribution < -0.4 is 0 Å². The van der Waals surface area contributed by atoms with Gasteiger partial charge in [-0.05, 0) is 24.8 Å². The highest BCUT2D eigenvalue weighted by Crippen LogP contribution is 2.28. The number of rotatable bonds is 4. The molecule has 0 radical (unpaired) electrons. The summed E-state index contributed by atoms with van der Waals surface area (Å²) in [6, 6.07) is 6.54. The van der Waals surface area contributed by atoms with E-state index in [9.17, 15) is 14.0 Å². The molecule has 0 spiro atoms. The van der Waals surface area contributed by atoms with Gasteiger partial charge >= 0.3 is 0 Å². The van der Waals surface area contributed by atoms with E-state index in [2.05, 4.69) is 0 Å². The molecule has 2 amide bonds. The van der Waals surface area contributed by atoms with E-state index in [1.54, 1.807) is 23.1 Å². The molecular weight excluding hydrogens is 307 g/mol. The van der Waals surface area contributed by atoms with Crippen molar-refractivity contribution in [3.8, 4) is 0 Å². The third-order valence-electron chi connectivity index (χ3n) is 5.20. The predicted molar refractivity (Wildman–Crippen MR) is 89.6 cm³/mol. The van der Waals surface area contributed by atoms with Gasteiger partial charge in [0.2, 0.25) is 11.8 Å². The van der Waals surface area contributed by atoms with Gasteiger partial charge in [0.15, 0.2) is 0 Å². The summed E-state index contributed by atoms with van der Waals surface area (Å²) in [5, 5.41) is 0. The number of nitrogens with zero attached hydrogens (tertiary/aromatic N) is 2. The zero-order valence-corrected chi connectivity index (χ0v) is 14.0. The molecule has 1 aliphatic carbocycles. The van der Waals surface area contributed by atoms with E-state index in [1.165, 1.54) is 18.9 Å². The van der Waals surface area contributed by atoms with Gasteiger partial charge < -0.3 is 9.80 Å². The summed E-state index contributed by atoms with van der Waals surface area (Å²) in [6.45, 7) is 1.78. The van der Waals surface area contributed by atoms with Gasteiger partial charge in [-0.2, -0.15) is 0 Å². The average Bonchev–Trinajstić information content (AvgIpc) is 3.00. The Bertz CT molecular complexity index is 599. The second-order valence-electron chi connectivity index (χ2n) is 6.89. The summed E-state index contributed by atoms with van der Waals surface area (Å²) in [5.74, 6) is 0.395. The Hall–Kier alpha value is -1.91. The Morgan fingerprint density at radius 3 is 2.62 bits per heavy atom. The molecule has 0 N–H and O–H groups in total.